The molecule has 1 N–H and O–H groups in total. The maximum atomic E-state index is 12.9. The van der Waals surface area contributed by atoms with E-state index in [2.05, 4.69) is 29.6 Å². The highest BCUT2D eigenvalue weighted by Gasteiger charge is 2.52. The first-order chi connectivity index (χ1) is 15.7. The summed E-state index contributed by atoms with van der Waals surface area (Å²) in [5, 5.41) is 2.70. The predicted molar refractivity (Wildman–Crippen MR) is 122 cm³/mol. The lowest BCUT2D eigenvalue weighted by atomic mass is 9.78. The third-order valence-corrected chi connectivity index (χ3v) is 8.16. The summed E-state index contributed by atoms with van der Waals surface area (Å²) >= 11 is 0. The van der Waals surface area contributed by atoms with E-state index in [0.717, 1.165) is 38.5 Å². The van der Waals surface area contributed by atoms with Crippen molar-refractivity contribution in [1.82, 2.24) is 5.32 Å². The molecule has 7 nitrogen and oxygen atoms in total. The number of alkyl carbamates (subject to hydrolysis) is 1. The van der Waals surface area contributed by atoms with Crippen molar-refractivity contribution in [3.8, 4) is 0 Å². The number of ether oxygens (including phenoxy) is 3. The number of fused-ring (bicyclic) bond motifs is 4. The maximum Gasteiger partial charge on any atom is 0.407 e. The molecule has 4 rings (SSSR count). The van der Waals surface area contributed by atoms with E-state index in [1.807, 2.05) is 20.8 Å². The summed E-state index contributed by atoms with van der Waals surface area (Å²) in [5.41, 5.74) is -1.10. The van der Waals surface area contributed by atoms with E-state index in [1.165, 1.54) is 0 Å². The molecule has 4 aliphatic carbocycles. The lowest BCUT2D eigenvalue weighted by molar-refractivity contribution is -0.165. The number of esters is 2. The minimum atomic E-state index is -0.852. The van der Waals surface area contributed by atoms with Crippen molar-refractivity contribution in [2.75, 3.05) is 19.8 Å². The monoisotopic (exact) mass is 459 g/mol. The smallest absolute Gasteiger partial charge is 0.407 e. The number of amides is 1. The highest BCUT2D eigenvalue weighted by atomic mass is 16.6. The van der Waals surface area contributed by atoms with Crippen LogP contribution in [-0.4, -0.2) is 43.9 Å². The van der Waals surface area contributed by atoms with Gasteiger partial charge in [0.05, 0.1) is 10.8 Å². The Kier molecular flexibility index (Phi) is 6.87. The van der Waals surface area contributed by atoms with Crippen molar-refractivity contribution >= 4 is 18.0 Å². The Morgan fingerprint density at radius 3 is 1.82 bits per heavy atom. The maximum absolute atomic E-state index is 12.9. The van der Waals surface area contributed by atoms with E-state index >= 15 is 0 Å². The van der Waals surface area contributed by atoms with Crippen LogP contribution in [0.4, 0.5) is 4.79 Å². The Hall–Kier alpha value is -2.31. The molecule has 0 aromatic heterocycles. The summed E-state index contributed by atoms with van der Waals surface area (Å²) in [7, 11) is 0. The molecule has 0 heterocycles. The normalized spacial score (nSPS) is 36.1. The number of carbonyl (C=O) groups excluding carboxylic acids is 3. The minimum absolute atomic E-state index is 0.132. The number of rotatable bonds is 10. The molecule has 182 valence electrons. The molecule has 0 spiro atoms. The molecule has 7 heteroatoms. The quantitative estimate of drug-likeness (QED) is 0.228. The summed E-state index contributed by atoms with van der Waals surface area (Å²) in [4.78, 5) is 38.1. The standard InChI is InChI=1S/C26H37NO6/c1-4-5-10-27-24(30)33-21(15-31-22(28)25(2)13-17-6-8-19(25)11-17)16-32-23(29)26(3)14-18-7-9-20(26)12-18/h6-9,17-21H,4-5,10-16H2,1-3H3,(H,27,30). The number of hydrogen-bond acceptors (Lipinski definition) is 6. The van der Waals surface area contributed by atoms with E-state index in [4.69, 9.17) is 14.2 Å². The van der Waals surface area contributed by atoms with Gasteiger partial charge in [0, 0.05) is 6.54 Å². The minimum Gasteiger partial charge on any atom is -0.461 e. The molecular weight excluding hydrogens is 422 g/mol. The van der Waals surface area contributed by atoms with Crippen molar-refractivity contribution in [1.29, 1.82) is 0 Å². The van der Waals surface area contributed by atoms with Crippen LogP contribution in [0.25, 0.3) is 0 Å². The largest absolute Gasteiger partial charge is 0.461 e. The third-order valence-electron chi connectivity index (χ3n) is 8.16. The van der Waals surface area contributed by atoms with Gasteiger partial charge in [-0.25, -0.2) is 4.79 Å². The SMILES string of the molecule is CCCCNC(=O)OC(COC(=O)C1(C)CC2C=CC1C2)COC(=O)C1(C)CC2C=CC1C2. The number of nitrogens with one attached hydrogen (secondary N) is 1. The van der Waals surface area contributed by atoms with Gasteiger partial charge in [-0.3, -0.25) is 9.59 Å². The molecular formula is C26H37NO6. The highest BCUT2D eigenvalue weighted by molar-refractivity contribution is 5.79. The van der Waals surface area contributed by atoms with Crippen molar-refractivity contribution in [2.45, 2.75) is 65.4 Å². The fourth-order valence-corrected chi connectivity index (χ4v) is 6.00. The van der Waals surface area contributed by atoms with E-state index in [-0.39, 0.29) is 37.0 Å². The van der Waals surface area contributed by atoms with E-state index in [1.54, 1.807) is 0 Å². The third kappa shape index (κ3) is 4.82. The number of carbonyl (C=O) groups is 3. The molecule has 6 atom stereocenters. The fraction of sp³-hybridized carbons (Fsp3) is 0.731. The van der Waals surface area contributed by atoms with Crippen LogP contribution in [0.5, 0.6) is 0 Å². The number of allylic oxidation sites excluding steroid dienone is 4. The van der Waals surface area contributed by atoms with Gasteiger partial charge in [0.1, 0.15) is 13.2 Å². The van der Waals surface area contributed by atoms with Gasteiger partial charge in [0.25, 0.3) is 0 Å². The zero-order valence-electron chi connectivity index (χ0n) is 20.0. The van der Waals surface area contributed by atoms with E-state index in [9.17, 15) is 14.4 Å². The van der Waals surface area contributed by atoms with Crippen LogP contribution in [0.3, 0.4) is 0 Å². The van der Waals surface area contributed by atoms with Gasteiger partial charge >= 0.3 is 18.0 Å². The highest BCUT2D eigenvalue weighted by Crippen LogP contribution is 2.53. The van der Waals surface area contributed by atoms with Gasteiger partial charge in [-0.15, -0.1) is 0 Å². The molecule has 6 unspecified atom stereocenters. The first-order valence-electron chi connectivity index (χ1n) is 12.4. The van der Waals surface area contributed by atoms with Gasteiger partial charge in [0.15, 0.2) is 6.10 Å². The molecule has 0 aromatic rings. The summed E-state index contributed by atoms with van der Waals surface area (Å²) < 4.78 is 16.7. The Morgan fingerprint density at radius 1 is 0.909 bits per heavy atom. The van der Waals surface area contributed by atoms with Crippen LogP contribution in [0.1, 0.15) is 59.3 Å². The molecule has 1 amide bonds. The van der Waals surface area contributed by atoms with Crippen molar-refractivity contribution in [3.63, 3.8) is 0 Å². The Morgan fingerprint density at radius 2 is 1.42 bits per heavy atom. The molecule has 33 heavy (non-hydrogen) atoms. The van der Waals surface area contributed by atoms with Crippen LogP contribution in [0.15, 0.2) is 24.3 Å². The topological polar surface area (TPSA) is 90.9 Å². The van der Waals surface area contributed by atoms with Gasteiger partial charge < -0.3 is 19.5 Å². The first kappa shape index (κ1) is 23.8. The van der Waals surface area contributed by atoms with E-state index in [0.29, 0.717) is 18.4 Å². The van der Waals surface area contributed by atoms with Crippen molar-refractivity contribution in [3.05, 3.63) is 24.3 Å². The second kappa shape index (κ2) is 9.51. The molecule has 4 aliphatic rings. The Bertz CT molecular complexity index is 781. The van der Waals surface area contributed by atoms with Crippen LogP contribution < -0.4 is 5.32 Å². The zero-order valence-corrected chi connectivity index (χ0v) is 20.0. The molecule has 4 bridgehead atoms. The first-order valence-corrected chi connectivity index (χ1v) is 12.4. The molecule has 0 radical (unpaired) electrons. The van der Waals surface area contributed by atoms with Gasteiger partial charge in [-0.05, 0) is 69.6 Å². The van der Waals surface area contributed by atoms with Crippen LogP contribution in [-0.2, 0) is 23.8 Å². The molecule has 2 fully saturated rings. The second-order valence-electron chi connectivity index (χ2n) is 10.7. The molecule has 0 aromatic carbocycles. The zero-order chi connectivity index (χ0) is 23.6. The van der Waals surface area contributed by atoms with Crippen molar-refractivity contribution < 1.29 is 28.6 Å². The number of hydrogen-bond donors (Lipinski definition) is 1. The van der Waals surface area contributed by atoms with Crippen LogP contribution >= 0.6 is 0 Å². The summed E-state index contributed by atoms with van der Waals surface area (Å²) in [5.74, 6) is 0.681. The second-order valence-corrected chi connectivity index (χ2v) is 10.7. The predicted octanol–water partition coefficient (Wildman–Crippen LogP) is 4.17. The van der Waals surface area contributed by atoms with Gasteiger partial charge in [0.2, 0.25) is 0 Å². The number of unbranched alkanes of at least 4 members (excludes halogenated alkanes) is 1. The van der Waals surface area contributed by atoms with E-state index < -0.39 is 23.0 Å². The lowest BCUT2D eigenvalue weighted by Crippen LogP contribution is -2.40. The summed E-state index contributed by atoms with van der Waals surface area (Å²) in [6.45, 7) is 6.16. The molecule has 0 saturated heterocycles. The fourth-order valence-electron chi connectivity index (χ4n) is 6.00. The molecule has 0 aliphatic heterocycles. The molecule has 2 saturated carbocycles. The average Bonchev–Trinajstić information content (AvgIpc) is 3.56. The van der Waals surface area contributed by atoms with Crippen molar-refractivity contribution in [2.24, 2.45) is 34.5 Å². The van der Waals surface area contributed by atoms with Crippen LogP contribution in [0.2, 0.25) is 0 Å². The summed E-state index contributed by atoms with van der Waals surface area (Å²) in [6.07, 6.45) is 12.4. The summed E-state index contributed by atoms with van der Waals surface area (Å²) in [6, 6.07) is 0. The van der Waals surface area contributed by atoms with Gasteiger partial charge in [-0.2, -0.15) is 0 Å². The average molecular weight is 460 g/mol. The Labute approximate surface area is 196 Å². The Balaban J connectivity index is 1.33. The van der Waals surface area contributed by atoms with Gasteiger partial charge in [-0.1, -0.05) is 37.6 Å². The van der Waals surface area contributed by atoms with Crippen LogP contribution in [0, 0.1) is 34.5 Å². The lowest BCUT2D eigenvalue weighted by Gasteiger charge is -2.31.